The first kappa shape index (κ1) is 34.1. The molecule has 0 rings (SSSR count). The van der Waals surface area contributed by atoms with Crippen LogP contribution in [0.25, 0.3) is 0 Å². The smallest absolute Gasteiger partial charge is 0.691 e. The van der Waals surface area contributed by atoms with Crippen molar-refractivity contribution in [2.45, 2.75) is 55.4 Å². The second kappa shape index (κ2) is 18.1. The third-order valence-corrected chi connectivity index (χ3v) is 6.65. The van der Waals surface area contributed by atoms with Crippen molar-refractivity contribution in [1.29, 1.82) is 0 Å². The molecular weight excluding hydrogens is 641 g/mol. The Hall–Kier alpha value is 2.53. The van der Waals surface area contributed by atoms with Crippen LogP contribution in [-0.2, 0) is 87.3 Å². The maximum absolute atomic E-state index is 5.36. The van der Waals surface area contributed by atoms with E-state index in [2.05, 4.69) is 55.4 Å². The SMILES string of the molecule is CC(C)COP(=S)([S-])OCC(C)C.CC(C)COP(=S)([S-])OCC(C)C.[Pt+2]. The van der Waals surface area contributed by atoms with Gasteiger partial charge >= 0.3 is 21.1 Å². The average Bonchev–Trinajstić information content (AvgIpc) is 2.48. The van der Waals surface area contributed by atoms with Crippen LogP contribution in [0.3, 0.4) is 0 Å². The van der Waals surface area contributed by atoms with E-state index in [0.29, 0.717) is 50.1 Å². The Bertz CT molecular complexity index is 380. The third kappa shape index (κ3) is 28.5. The minimum atomic E-state index is -2.38. The Morgan fingerprint density at radius 2 is 0.704 bits per heavy atom. The molecule has 27 heavy (non-hydrogen) atoms. The molecule has 11 heteroatoms. The molecule has 0 atom stereocenters. The fourth-order valence-electron chi connectivity index (χ4n) is 1.04. The number of hydrogen-bond acceptors (Lipinski definition) is 8. The molecule has 4 nitrogen and oxygen atoms in total. The molecule has 0 N–H and O–H groups in total. The largest absolute Gasteiger partial charge is 2.00 e. The van der Waals surface area contributed by atoms with E-state index in [1.165, 1.54) is 0 Å². The predicted molar refractivity (Wildman–Crippen MR) is 126 cm³/mol. The monoisotopic (exact) mass is 677 g/mol. The zero-order valence-electron chi connectivity index (χ0n) is 17.6. The van der Waals surface area contributed by atoms with Gasteiger partial charge in [0.05, 0.1) is 37.8 Å². The van der Waals surface area contributed by atoms with E-state index < -0.39 is 11.4 Å². The molecule has 0 aromatic heterocycles. The van der Waals surface area contributed by atoms with E-state index in [1.54, 1.807) is 0 Å². The molecule has 0 aliphatic heterocycles. The maximum Gasteiger partial charge on any atom is 2.00 e. The molecule has 0 bridgehead atoms. The van der Waals surface area contributed by atoms with Crippen LogP contribution in [-0.4, -0.2) is 26.4 Å². The topological polar surface area (TPSA) is 36.9 Å². The van der Waals surface area contributed by atoms with Gasteiger partial charge < -0.3 is 42.6 Å². The minimum Gasteiger partial charge on any atom is -0.691 e. The Kier molecular flexibility index (Phi) is 22.9. The summed E-state index contributed by atoms with van der Waals surface area (Å²) in [5.41, 5.74) is -4.77. The average molecular weight is 678 g/mol. The molecule has 0 aliphatic carbocycles. The number of hydrogen-bond donors (Lipinski definition) is 0. The second-order valence-corrected chi connectivity index (χ2v) is 17.6. The van der Waals surface area contributed by atoms with Crippen molar-refractivity contribution in [3.8, 4) is 0 Å². The van der Waals surface area contributed by atoms with Crippen molar-refractivity contribution in [3.05, 3.63) is 0 Å². The van der Waals surface area contributed by atoms with Crippen molar-refractivity contribution in [2.75, 3.05) is 26.4 Å². The molecule has 0 spiro atoms. The molecule has 168 valence electrons. The Labute approximate surface area is 202 Å². The zero-order valence-corrected chi connectivity index (χ0v) is 24.9. The van der Waals surface area contributed by atoms with Crippen molar-refractivity contribution < 1.29 is 39.2 Å². The molecule has 0 aromatic carbocycles. The Morgan fingerprint density at radius 1 is 0.556 bits per heavy atom. The predicted octanol–water partition coefficient (Wildman–Crippen LogP) is 6.20. The summed E-state index contributed by atoms with van der Waals surface area (Å²) in [5.74, 6) is 1.81. The van der Waals surface area contributed by atoms with Crippen molar-refractivity contribution >= 4 is 59.5 Å². The quantitative estimate of drug-likeness (QED) is 0.179. The maximum atomic E-state index is 5.36. The van der Waals surface area contributed by atoms with Crippen LogP contribution in [0.4, 0.5) is 0 Å². The van der Waals surface area contributed by atoms with Crippen LogP contribution in [0.1, 0.15) is 55.4 Å². The van der Waals surface area contributed by atoms with Gasteiger partial charge in [0.15, 0.2) is 0 Å². The molecule has 0 amide bonds. The van der Waals surface area contributed by atoms with Crippen molar-refractivity contribution in [1.82, 2.24) is 0 Å². The summed E-state index contributed by atoms with van der Waals surface area (Å²) in [5, 5.41) is 0. The molecule has 0 unspecified atom stereocenters. The first-order valence-corrected chi connectivity index (χ1v) is 16.2. The fraction of sp³-hybridized carbons (Fsp3) is 1.00. The van der Waals surface area contributed by atoms with Crippen LogP contribution in [0.5, 0.6) is 0 Å². The van der Waals surface area contributed by atoms with Gasteiger partial charge in [-0.15, -0.1) is 0 Å². The zero-order chi connectivity index (χ0) is 21.0. The van der Waals surface area contributed by atoms with Gasteiger partial charge in [-0.3, -0.25) is 0 Å². The van der Waals surface area contributed by atoms with Gasteiger partial charge in [-0.2, -0.15) is 0 Å². The van der Waals surface area contributed by atoms with Crippen LogP contribution in [0.2, 0.25) is 0 Å². The van der Waals surface area contributed by atoms with E-state index in [9.17, 15) is 0 Å². The summed E-state index contributed by atoms with van der Waals surface area (Å²) in [6, 6.07) is 0. The minimum absolute atomic E-state index is 0. The Balaban J connectivity index is -0.000000411. The molecule has 0 radical (unpaired) electrons. The summed E-state index contributed by atoms with van der Waals surface area (Å²) < 4.78 is 21.4. The molecule has 0 aliphatic rings. The van der Waals surface area contributed by atoms with Gasteiger partial charge in [0.2, 0.25) is 0 Å². The van der Waals surface area contributed by atoms with E-state index >= 15 is 0 Å². The van der Waals surface area contributed by atoms with Gasteiger partial charge in [-0.1, -0.05) is 79.0 Å². The summed E-state index contributed by atoms with van der Waals surface area (Å²) in [6.07, 6.45) is 0. The fourth-order valence-corrected chi connectivity index (χ4v) is 4.57. The molecular formula is C16H36O4P2PtS4. The van der Waals surface area contributed by atoms with Crippen molar-refractivity contribution in [2.24, 2.45) is 23.7 Å². The summed E-state index contributed by atoms with van der Waals surface area (Å²) in [4.78, 5) is 0. The van der Waals surface area contributed by atoms with Gasteiger partial charge in [-0.25, -0.2) is 0 Å². The molecule has 0 aromatic rings. The van der Waals surface area contributed by atoms with E-state index in [1.807, 2.05) is 0 Å². The van der Waals surface area contributed by atoms with Crippen LogP contribution in [0, 0.1) is 23.7 Å². The summed E-state index contributed by atoms with van der Waals surface area (Å²) >= 11 is 20.2. The molecule has 0 heterocycles. The first-order valence-electron chi connectivity index (χ1n) is 8.87. The second-order valence-electron chi connectivity index (χ2n) is 7.65. The molecule has 0 fully saturated rings. The van der Waals surface area contributed by atoms with Gasteiger partial charge in [0.25, 0.3) is 0 Å². The van der Waals surface area contributed by atoms with E-state index in [4.69, 9.17) is 66.2 Å². The standard InChI is InChI=1S/2C8H19O2PS2.Pt/c2*1-7(2)5-9-11(12,13)10-6-8(3)4;/h2*7-8H,5-6H2,1-4H3,(H,12,13);/q;;+2/p-2. The number of rotatable bonds is 12. The normalized spacial score (nSPS) is 12.4. The van der Waals surface area contributed by atoms with Crippen LogP contribution in [0.15, 0.2) is 0 Å². The van der Waals surface area contributed by atoms with Crippen molar-refractivity contribution in [3.63, 3.8) is 0 Å². The van der Waals surface area contributed by atoms with Crippen LogP contribution < -0.4 is 0 Å². The van der Waals surface area contributed by atoms with Gasteiger partial charge in [-0.05, 0) is 23.7 Å². The van der Waals surface area contributed by atoms with Gasteiger partial charge in [0, 0.05) is 0 Å². The Morgan fingerprint density at radius 3 is 0.815 bits per heavy atom. The summed E-state index contributed by atoms with van der Waals surface area (Å²) in [6.45, 7) is 18.9. The van der Waals surface area contributed by atoms with E-state index in [0.717, 1.165) is 0 Å². The third-order valence-electron chi connectivity index (χ3n) is 2.26. The first-order chi connectivity index (χ1) is 11.7. The van der Waals surface area contributed by atoms with Crippen LogP contribution >= 0.6 is 11.4 Å². The molecule has 0 saturated carbocycles. The van der Waals surface area contributed by atoms with Gasteiger partial charge in [0.1, 0.15) is 0 Å². The van der Waals surface area contributed by atoms with E-state index in [-0.39, 0.29) is 21.1 Å². The molecule has 0 saturated heterocycles. The summed E-state index contributed by atoms with van der Waals surface area (Å²) in [7, 11) is 0.